The molecule has 1 fully saturated rings. The smallest absolute Gasteiger partial charge is 0.165 e. The van der Waals surface area contributed by atoms with Crippen molar-refractivity contribution < 1.29 is 9.13 Å². The molecule has 0 radical (unpaired) electrons. The van der Waals surface area contributed by atoms with Crippen molar-refractivity contribution in [2.24, 2.45) is 0 Å². The maximum atomic E-state index is 13.6. The summed E-state index contributed by atoms with van der Waals surface area (Å²) in [6.07, 6.45) is 2.30. The second-order valence-electron chi connectivity index (χ2n) is 5.40. The highest BCUT2D eigenvalue weighted by atomic mass is 19.1. The van der Waals surface area contributed by atoms with Crippen LogP contribution in [0.2, 0.25) is 0 Å². The van der Waals surface area contributed by atoms with Crippen molar-refractivity contribution in [1.29, 1.82) is 0 Å². The maximum Gasteiger partial charge on any atom is 0.165 e. The summed E-state index contributed by atoms with van der Waals surface area (Å²) in [7, 11) is 3.65. The van der Waals surface area contributed by atoms with E-state index >= 15 is 0 Å². The molecular weight excluding hydrogens is 243 g/mol. The van der Waals surface area contributed by atoms with Gasteiger partial charge >= 0.3 is 0 Å². The number of likely N-dealkylation sites (tertiary alicyclic amines) is 1. The van der Waals surface area contributed by atoms with Gasteiger partial charge in [0.2, 0.25) is 0 Å². The molecule has 1 aromatic rings. The molecule has 2 unspecified atom stereocenters. The number of hydrogen-bond acceptors (Lipinski definition) is 3. The van der Waals surface area contributed by atoms with Crippen LogP contribution in [0.15, 0.2) is 18.2 Å². The molecule has 19 heavy (non-hydrogen) atoms. The summed E-state index contributed by atoms with van der Waals surface area (Å²) in [6, 6.07) is 6.27. The van der Waals surface area contributed by atoms with Crippen molar-refractivity contribution in [2.45, 2.75) is 38.4 Å². The van der Waals surface area contributed by atoms with Crippen LogP contribution in [0.3, 0.4) is 0 Å². The monoisotopic (exact) mass is 266 g/mol. The number of halogens is 1. The normalized spacial score (nSPS) is 24.4. The molecule has 2 atom stereocenters. The van der Waals surface area contributed by atoms with Gasteiger partial charge in [0.1, 0.15) is 0 Å². The Bertz CT molecular complexity index is 425. The van der Waals surface area contributed by atoms with E-state index in [1.165, 1.54) is 7.11 Å². The van der Waals surface area contributed by atoms with Crippen LogP contribution in [0.4, 0.5) is 4.39 Å². The van der Waals surface area contributed by atoms with Gasteiger partial charge in [-0.05, 0) is 51.1 Å². The fourth-order valence-electron chi connectivity index (χ4n) is 2.56. The summed E-state index contributed by atoms with van der Waals surface area (Å²) in [5, 5.41) is 3.52. The fraction of sp³-hybridized carbons (Fsp3) is 0.600. The third-order valence-electron chi connectivity index (χ3n) is 4.02. The molecule has 0 aromatic heterocycles. The van der Waals surface area contributed by atoms with Crippen LogP contribution in [0.25, 0.3) is 0 Å². The molecule has 0 amide bonds. The first-order chi connectivity index (χ1) is 9.10. The van der Waals surface area contributed by atoms with Gasteiger partial charge in [-0.3, -0.25) is 0 Å². The molecule has 1 heterocycles. The number of methoxy groups -OCH3 is 1. The molecule has 0 saturated carbocycles. The first-order valence-corrected chi connectivity index (χ1v) is 6.86. The highest BCUT2D eigenvalue weighted by Gasteiger charge is 2.22. The molecular formula is C15H23FN2O. The van der Waals surface area contributed by atoms with E-state index in [-0.39, 0.29) is 5.82 Å². The highest BCUT2D eigenvalue weighted by molar-refractivity contribution is 5.29. The number of hydrogen-bond donors (Lipinski definition) is 1. The number of nitrogens with zero attached hydrogens (tertiary/aromatic N) is 1. The van der Waals surface area contributed by atoms with Gasteiger partial charge in [-0.2, -0.15) is 0 Å². The van der Waals surface area contributed by atoms with Gasteiger partial charge in [0.15, 0.2) is 11.6 Å². The molecule has 0 spiro atoms. The van der Waals surface area contributed by atoms with E-state index in [4.69, 9.17) is 4.74 Å². The van der Waals surface area contributed by atoms with Gasteiger partial charge in [-0.1, -0.05) is 6.07 Å². The Kier molecular flexibility index (Phi) is 4.77. The predicted molar refractivity (Wildman–Crippen MR) is 74.9 cm³/mol. The van der Waals surface area contributed by atoms with Gasteiger partial charge in [0.05, 0.1) is 7.11 Å². The first kappa shape index (κ1) is 14.3. The maximum absolute atomic E-state index is 13.6. The Balaban J connectivity index is 1.87. The third-order valence-corrected chi connectivity index (χ3v) is 4.02. The second-order valence-corrected chi connectivity index (χ2v) is 5.40. The zero-order valence-electron chi connectivity index (χ0n) is 11.9. The Morgan fingerprint density at radius 2 is 2.26 bits per heavy atom. The minimum Gasteiger partial charge on any atom is -0.494 e. The van der Waals surface area contributed by atoms with Crippen molar-refractivity contribution in [3.8, 4) is 5.75 Å². The van der Waals surface area contributed by atoms with Crippen LogP contribution in [0.5, 0.6) is 5.75 Å². The van der Waals surface area contributed by atoms with Crippen LogP contribution in [-0.4, -0.2) is 37.7 Å². The van der Waals surface area contributed by atoms with Gasteiger partial charge in [0.25, 0.3) is 0 Å². The lowest BCUT2D eigenvalue weighted by atomic mass is 9.99. The molecule has 1 aliphatic heterocycles. The summed E-state index contributed by atoms with van der Waals surface area (Å²) in [6.45, 7) is 4.08. The lowest BCUT2D eigenvalue weighted by molar-refractivity contribution is 0.168. The molecule has 0 aliphatic carbocycles. The van der Waals surface area contributed by atoms with Gasteiger partial charge in [-0.15, -0.1) is 0 Å². The van der Waals surface area contributed by atoms with E-state index < -0.39 is 0 Å². The Morgan fingerprint density at radius 1 is 1.47 bits per heavy atom. The molecule has 4 heteroatoms. The van der Waals surface area contributed by atoms with Crippen molar-refractivity contribution in [1.82, 2.24) is 10.2 Å². The molecule has 3 nitrogen and oxygen atoms in total. The van der Waals surface area contributed by atoms with Crippen LogP contribution in [0, 0.1) is 5.82 Å². The lowest BCUT2D eigenvalue weighted by Gasteiger charge is -2.35. The number of piperidine rings is 1. The lowest BCUT2D eigenvalue weighted by Crippen LogP contribution is -2.45. The second kappa shape index (κ2) is 6.35. The number of nitrogens with one attached hydrogen (secondary N) is 1. The summed E-state index contributed by atoms with van der Waals surface area (Å²) in [5.74, 6) is 0.00945. The molecule has 2 rings (SSSR count). The van der Waals surface area contributed by atoms with E-state index in [1.807, 2.05) is 6.07 Å². The van der Waals surface area contributed by atoms with E-state index in [2.05, 4.69) is 24.2 Å². The topological polar surface area (TPSA) is 24.5 Å². The van der Waals surface area contributed by atoms with Crippen LogP contribution in [0.1, 0.15) is 25.3 Å². The molecule has 1 aromatic carbocycles. The van der Waals surface area contributed by atoms with Crippen molar-refractivity contribution >= 4 is 0 Å². The van der Waals surface area contributed by atoms with Crippen LogP contribution < -0.4 is 10.1 Å². The summed E-state index contributed by atoms with van der Waals surface area (Å²) >= 11 is 0. The minimum absolute atomic E-state index is 0.293. The number of ether oxygens (including phenoxy) is 1. The first-order valence-electron chi connectivity index (χ1n) is 6.86. The van der Waals surface area contributed by atoms with Crippen LogP contribution >= 0.6 is 0 Å². The molecule has 1 saturated heterocycles. The highest BCUT2D eigenvalue weighted by Crippen LogP contribution is 2.19. The quantitative estimate of drug-likeness (QED) is 0.905. The number of rotatable bonds is 4. The van der Waals surface area contributed by atoms with Gasteiger partial charge in [0, 0.05) is 18.6 Å². The molecule has 1 aliphatic rings. The Labute approximate surface area is 114 Å². The van der Waals surface area contributed by atoms with E-state index in [0.29, 0.717) is 24.4 Å². The summed E-state index contributed by atoms with van der Waals surface area (Å²) in [4.78, 5) is 2.38. The van der Waals surface area contributed by atoms with E-state index in [0.717, 1.165) is 24.9 Å². The van der Waals surface area contributed by atoms with E-state index in [9.17, 15) is 4.39 Å². The van der Waals surface area contributed by atoms with Crippen LogP contribution in [-0.2, 0) is 6.54 Å². The zero-order chi connectivity index (χ0) is 13.8. The predicted octanol–water partition coefficient (Wildman–Crippen LogP) is 2.41. The van der Waals surface area contributed by atoms with Gasteiger partial charge in [-0.25, -0.2) is 4.39 Å². The Hall–Kier alpha value is -1.13. The molecule has 0 bridgehead atoms. The number of benzene rings is 1. The SMILES string of the molecule is COc1ccc(CNC2CCN(C)C(C)C2)cc1F. The summed E-state index contributed by atoms with van der Waals surface area (Å²) < 4.78 is 18.5. The third kappa shape index (κ3) is 3.67. The minimum atomic E-state index is -0.293. The average Bonchev–Trinajstić information content (AvgIpc) is 2.40. The average molecular weight is 266 g/mol. The van der Waals surface area contributed by atoms with E-state index in [1.54, 1.807) is 12.1 Å². The summed E-state index contributed by atoms with van der Waals surface area (Å²) in [5.41, 5.74) is 0.963. The largest absolute Gasteiger partial charge is 0.494 e. The standard InChI is InChI=1S/C15H23FN2O/c1-11-8-13(6-7-18(11)2)17-10-12-4-5-15(19-3)14(16)9-12/h4-5,9,11,13,17H,6-8,10H2,1-3H3. The Morgan fingerprint density at radius 3 is 2.89 bits per heavy atom. The zero-order valence-corrected chi connectivity index (χ0v) is 11.9. The molecule has 106 valence electrons. The van der Waals surface area contributed by atoms with Crippen molar-refractivity contribution in [2.75, 3.05) is 20.7 Å². The van der Waals surface area contributed by atoms with Crippen molar-refractivity contribution in [3.63, 3.8) is 0 Å². The fourth-order valence-corrected chi connectivity index (χ4v) is 2.56. The molecule has 1 N–H and O–H groups in total. The van der Waals surface area contributed by atoms with Crippen molar-refractivity contribution in [3.05, 3.63) is 29.6 Å². The van der Waals surface area contributed by atoms with Gasteiger partial charge < -0.3 is 15.0 Å².